The number of phenols is 1. The minimum absolute atomic E-state index is 0.0324. The van der Waals surface area contributed by atoms with Gasteiger partial charge >= 0.3 is 0 Å². The third-order valence-corrected chi connectivity index (χ3v) is 2.96. The maximum absolute atomic E-state index is 11.8. The first-order valence-corrected chi connectivity index (χ1v) is 6.77. The van der Waals surface area contributed by atoms with Gasteiger partial charge in [-0.05, 0) is 48.6 Å². The van der Waals surface area contributed by atoms with Gasteiger partial charge in [0.2, 0.25) is 0 Å². The quantitative estimate of drug-likeness (QED) is 0.385. The zero-order valence-corrected chi connectivity index (χ0v) is 12.5. The number of thiocarbonyl (C=S) groups is 1. The van der Waals surface area contributed by atoms with Crippen molar-refractivity contribution in [3.63, 3.8) is 0 Å². The zero-order chi connectivity index (χ0) is 16.8. The summed E-state index contributed by atoms with van der Waals surface area (Å²) < 4.78 is 0. The number of nitro benzene ring substituents is 1. The monoisotopic (exact) mass is 332 g/mol. The molecule has 0 heterocycles. The number of nitro groups is 1. The zero-order valence-electron chi connectivity index (χ0n) is 11.6. The number of amides is 1. The van der Waals surface area contributed by atoms with Gasteiger partial charge in [0, 0.05) is 23.4 Å². The Labute approximate surface area is 136 Å². The van der Waals surface area contributed by atoms with Crippen molar-refractivity contribution in [1.82, 2.24) is 10.9 Å². The Hall–Kier alpha value is -3.20. The average molecular weight is 332 g/mol. The highest BCUT2D eigenvalue weighted by molar-refractivity contribution is 7.80. The second-order valence-corrected chi connectivity index (χ2v) is 4.79. The van der Waals surface area contributed by atoms with Crippen molar-refractivity contribution in [2.45, 2.75) is 0 Å². The molecule has 0 radical (unpaired) electrons. The van der Waals surface area contributed by atoms with E-state index in [0.29, 0.717) is 11.3 Å². The van der Waals surface area contributed by atoms with Crippen molar-refractivity contribution in [3.05, 3.63) is 64.2 Å². The molecule has 0 bridgehead atoms. The molecule has 0 fully saturated rings. The molecule has 0 spiro atoms. The van der Waals surface area contributed by atoms with Gasteiger partial charge in [0.1, 0.15) is 5.75 Å². The second-order valence-electron chi connectivity index (χ2n) is 4.38. The first kappa shape index (κ1) is 16.2. The number of rotatable bonds is 3. The number of aromatic hydroxyl groups is 1. The molecule has 2 rings (SSSR count). The second kappa shape index (κ2) is 7.18. The maximum Gasteiger partial charge on any atom is 0.269 e. The van der Waals surface area contributed by atoms with E-state index in [0.717, 1.165) is 0 Å². The summed E-state index contributed by atoms with van der Waals surface area (Å²) in [4.78, 5) is 21.9. The molecule has 23 heavy (non-hydrogen) atoms. The molecule has 4 N–H and O–H groups in total. The molecule has 0 atom stereocenters. The highest BCUT2D eigenvalue weighted by Gasteiger charge is 2.07. The van der Waals surface area contributed by atoms with E-state index >= 15 is 0 Å². The first-order chi connectivity index (χ1) is 11.0. The Bertz CT molecular complexity index is 731. The van der Waals surface area contributed by atoms with Crippen LogP contribution in [-0.4, -0.2) is 21.0 Å². The summed E-state index contributed by atoms with van der Waals surface area (Å²) in [7, 11) is 0. The highest BCUT2D eigenvalue weighted by atomic mass is 32.1. The van der Waals surface area contributed by atoms with E-state index in [1.165, 1.54) is 48.5 Å². The Morgan fingerprint density at radius 3 is 2.22 bits per heavy atom. The molecule has 118 valence electrons. The van der Waals surface area contributed by atoms with Gasteiger partial charge in [0.15, 0.2) is 5.11 Å². The summed E-state index contributed by atoms with van der Waals surface area (Å²) >= 11 is 5.00. The van der Waals surface area contributed by atoms with E-state index in [9.17, 15) is 14.9 Å². The number of carbonyl (C=O) groups excluding carboxylic acids is 1. The van der Waals surface area contributed by atoms with Crippen LogP contribution in [0.3, 0.4) is 0 Å². The van der Waals surface area contributed by atoms with E-state index in [1.807, 2.05) is 0 Å². The molecule has 0 aliphatic rings. The largest absolute Gasteiger partial charge is 0.508 e. The first-order valence-electron chi connectivity index (χ1n) is 6.36. The topological polar surface area (TPSA) is 117 Å². The fourth-order valence-corrected chi connectivity index (χ4v) is 1.80. The Morgan fingerprint density at radius 1 is 1.04 bits per heavy atom. The third kappa shape index (κ3) is 4.64. The van der Waals surface area contributed by atoms with E-state index in [1.54, 1.807) is 0 Å². The molecule has 8 nitrogen and oxygen atoms in total. The van der Waals surface area contributed by atoms with Crippen LogP contribution in [0.15, 0.2) is 48.5 Å². The van der Waals surface area contributed by atoms with Crippen LogP contribution in [0.25, 0.3) is 0 Å². The normalized spacial score (nSPS) is 9.74. The van der Waals surface area contributed by atoms with Gasteiger partial charge in [-0.15, -0.1) is 0 Å². The van der Waals surface area contributed by atoms with Crippen molar-refractivity contribution < 1.29 is 14.8 Å². The number of phenolic OH excluding ortho intramolecular Hbond substituents is 1. The fourth-order valence-electron chi connectivity index (χ4n) is 1.63. The van der Waals surface area contributed by atoms with Gasteiger partial charge in [-0.2, -0.15) is 0 Å². The highest BCUT2D eigenvalue weighted by Crippen LogP contribution is 2.15. The minimum Gasteiger partial charge on any atom is -0.508 e. The van der Waals surface area contributed by atoms with Crippen molar-refractivity contribution >= 4 is 34.6 Å². The number of nitrogens with one attached hydrogen (secondary N) is 3. The lowest BCUT2D eigenvalue weighted by Gasteiger charge is -2.11. The smallest absolute Gasteiger partial charge is 0.269 e. The molecule has 1 amide bonds. The Kier molecular flexibility index (Phi) is 5.05. The summed E-state index contributed by atoms with van der Waals surface area (Å²) in [5.74, 6) is -0.372. The standard InChI is InChI=1S/C14H12N4O4S/c19-12-7-1-9(2-8-12)13(20)16-17-14(23)15-10-3-5-11(6-4-10)18(21)22/h1-8,19H,(H,16,20)(H2,15,17,23). The number of benzene rings is 2. The SMILES string of the molecule is O=C(NNC(=S)Nc1ccc([N+](=O)[O-])cc1)c1ccc(O)cc1. The predicted molar refractivity (Wildman–Crippen MR) is 88.0 cm³/mol. The molecule has 0 aliphatic carbocycles. The lowest BCUT2D eigenvalue weighted by molar-refractivity contribution is -0.384. The van der Waals surface area contributed by atoms with Crippen molar-refractivity contribution in [2.75, 3.05) is 5.32 Å². The predicted octanol–water partition coefficient (Wildman–Crippen LogP) is 1.93. The van der Waals surface area contributed by atoms with Crippen LogP contribution < -0.4 is 16.2 Å². The van der Waals surface area contributed by atoms with Crippen LogP contribution in [0.1, 0.15) is 10.4 Å². The Morgan fingerprint density at radius 2 is 1.65 bits per heavy atom. The molecule has 0 aromatic heterocycles. The fraction of sp³-hybridized carbons (Fsp3) is 0. The summed E-state index contributed by atoms with van der Waals surface area (Å²) in [5.41, 5.74) is 5.73. The maximum atomic E-state index is 11.8. The van der Waals surface area contributed by atoms with E-state index in [-0.39, 0.29) is 16.5 Å². The number of nitrogens with zero attached hydrogens (tertiary/aromatic N) is 1. The Balaban J connectivity index is 1.86. The van der Waals surface area contributed by atoms with Crippen LogP contribution >= 0.6 is 12.2 Å². The average Bonchev–Trinajstić information content (AvgIpc) is 2.54. The molecule has 0 saturated heterocycles. The number of carbonyl (C=O) groups is 1. The molecule has 9 heteroatoms. The van der Waals surface area contributed by atoms with Crippen LogP contribution in [0, 0.1) is 10.1 Å². The van der Waals surface area contributed by atoms with Crippen molar-refractivity contribution in [1.29, 1.82) is 0 Å². The van der Waals surface area contributed by atoms with E-state index in [2.05, 4.69) is 16.2 Å². The van der Waals surface area contributed by atoms with Gasteiger partial charge in [-0.25, -0.2) is 0 Å². The molecular formula is C14H12N4O4S. The van der Waals surface area contributed by atoms with Gasteiger partial charge in [0.05, 0.1) is 4.92 Å². The third-order valence-electron chi connectivity index (χ3n) is 2.76. The minimum atomic E-state index is -0.502. The number of hydrogen-bond acceptors (Lipinski definition) is 5. The van der Waals surface area contributed by atoms with Gasteiger partial charge in [0.25, 0.3) is 11.6 Å². The van der Waals surface area contributed by atoms with Crippen LogP contribution in [0.2, 0.25) is 0 Å². The van der Waals surface area contributed by atoms with Crippen molar-refractivity contribution in [3.8, 4) is 5.75 Å². The molecule has 0 saturated carbocycles. The number of hydrogen-bond donors (Lipinski definition) is 4. The number of hydrazine groups is 1. The van der Waals surface area contributed by atoms with E-state index < -0.39 is 10.8 Å². The van der Waals surface area contributed by atoms with Crippen LogP contribution in [0.4, 0.5) is 11.4 Å². The lowest BCUT2D eigenvalue weighted by Crippen LogP contribution is -2.43. The van der Waals surface area contributed by atoms with Crippen LogP contribution in [-0.2, 0) is 0 Å². The number of non-ortho nitro benzene ring substituents is 1. The molecule has 2 aromatic rings. The summed E-state index contributed by atoms with van der Waals surface area (Å²) in [5, 5.41) is 22.6. The van der Waals surface area contributed by atoms with Gasteiger partial charge < -0.3 is 10.4 Å². The van der Waals surface area contributed by atoms with E-state index in [4.69, 9.17) is 17.3 Å². The lowest BCUT2D eigenvalue weighted by atomic mass is 10.2. The van der Waals surface area contributed by atoms with Crippen LogP contribution in [0.5, 0.6) is 5.75 Å². The summed E-state index contributed by atoms with van der Waals surface area (Å²) in [6.07, 6.45) is 0. The van der Waals surface area contributed by atoms with Gasteiger partial charge in [-0.3, -0.25) is 25.8 Å². The molecular weight excluding hydrogens is 320 g/mol. The summed E-state index contributed by atoms with van der Waals surface area (Å²) in [6, 6.07) is 11.4. The number of anilines is 1. The van der Waals surface area contributed by atoms with Gasteiger partial charge in [-0.1, -0.05) is 0 Å². The molecule has 0 unspecified atom stereocenters. The summed E-state index contributed by atoms with van der Waals surface area (Å²) in [6.45, 7) is 0. The van der Waals surface area contributed by atoms with Crippen molar-refractivity contribution in [2.24, 2.45) is 0 Å². The molecule has 2 aromatic carbocycles. The molecule has 0 aliphatic heterocycles.